The molecule has 1 aliphatic heterocycles. The number of carbonyl (C=O) groups is 2. The molecule has 32 heavy (non-hydrogen) atoms. The van der Waals surface area contributed by atoms with Gasteiger partial charge in [0.2, 0.25) is 0 Å². The molecule has 0 saturated carbocycles. The van der Waals surface area contributed by atoms with E-state index in [9.17, 15) is 18.0 Å². The minimum atomic E-state index is -3.12. The van der Waals surface area contributed by atoms with Crippen molar-refractivity contribution in [2.24, 2.45) is 0 Å². The summed E-state index contributed by atoms with van der Waals surface area (Å²) in [4.78, 5) is 31.8. The average Bonchev–Trinajstić information content (AvgIpc) is 3.16. The minimum absolute atomic E-state index is 0.0578. The van der Waals surface area contributed by atoms with Crippen molar-refractivity contribution in [1.29, 1.82) is 0 Å². The summed E-state index contributed by atoms with van der Waals surface area (Å²) in [5.74, 6) is -1.03. The molecule has 3 aromatic rings. The predicted molar refractivity (Wildman–Crippen MR) is 122 cm³/mol. The number of para-hydroxylation sites is 1. The van der Waals surface area contributed by atoms with E-state index in [-0.39, 0.29) is 17.5 Å². The number of pyridine rings is 1. The second kappa shape index (κ2) is 8.70. The van der Waals surface area contributed by atoms with Gasteiger partial charge in [0.25, 0.3) is 5.91 Å². The molecule has 166 valence electrons. The molecule has 2 aromatic carbocycles. The zero-order valence-corrected chi connectivity index (χ0v) is 18.8. The van der Waals surface area contributed by atoms with Gasteiger partial charge < -0.3 is 9.64 Å². The van der Waals surface area contributed by atoms with Crippen molar-refractivity contribution in [2.45, 2.75) is 19.4 Å². The number of rotatable bonds is 5. The number of ether oxygens (including phenoxy) is 1. The second-order valence-electron chi connectivity index (χ2n) is 7.98. The van der Waals surface area contributed by atoms with E-state index < -0.39 is 28.3 Å². The maximum atomic E-state index is 13.1. The van der Waals surface area contributed by atoms with E-state index in [4.69, 9.17) is 9.72 Å². The number of fused-ring (bicyclic) bond motifs is 1. The van der Waals surface area contributed by atoms with Crippen molar-refractivity contribution < 1.29 is 22.7 Å². The van der Waals surface area contributed by atoms with E-state index in [0.717, 1.165) is 5.56 Å². The number of aromatic nitrogens is 1. The highest BCUT2D eigenvalue weighted by Crippen LogP contribution is 2.30. The Morgan fingerprint density at radius 2 is 1.78 bits per heavy atom. The summed E-state index contributed by atoms with van der Waals surface area (Å²) in [5, 5.41) is 0.650. The maximum Gasteiger partial charge on any atom is 0.339 e. The van der Waals surface area contributed by atoms with Crippen LogP contribution in [0.1, 0.15) is 22.3 Å². The highest BCUT2D eigenvalue weighted by atomic mass is 32.2. The van der Waals surface area contributed by atoms with Crippen LogP contribution in [0.3, 0.4) is 0 Å². The van der Waals surface area contributed by atoms with Crippen molar-refractivity contribution >= 4 is 32.6 Å². The van der Waals surface area contributed by atoms with Gasteiger partial charge in [0.15, 0.2) is 16.4 Å². The van der Waals surface area contributed by atoms with Gasteiger partial charge in [-0.3, -0.25) is 4.79 Å². The lowest BCUT2D eigenvalue weighted by Crippen LogP contribution is -2.40. The van der Waals surface area contributed by atoms with E-state index >= 15 is 0 Å². The highest BCUT2D eigenvalue weighted by Gasteiger charge is 2.33. The summed E-state index contributed by atoms with van der Waals surface area (Å²) in [6, 6.07) is 16.5. The van der Waals surface area contributed by atoms with Crippen LogP contribution in [0, 0.1) is 6.92 Å². The third-order valence-corrected chi connectivity index (χ3v) is 7.61. The van der Waals surface area contributed by atoms with Crippen molar-refractivity contribution in [1.82, 2.24) is 9.88 Å². The number of nitrogens with zero attached hydrogens (tertiary/aromatic N) is 2. The number of carbonyl (C=O) groups excluding carboxylic acids is 2. The molecule has 1 unspecified atom stereocenters. The van der Waals surface area contributed by atoms with Crippen LogP contribution < -0.4 is 0 Å². The van der Waals surface area contributed by atoms with Gasteiger partial charge in [-0.05, 0) is 25.0 Å². The van der Waals surface area contributed by atoms with E-state index in [2.05, 4.69) is 0 Å². The minimum Gasteiger partial charge on any atom is -0.452 e. The van der Waals surface area contributed by atoms with Crippen LogP contribution >= 0.6 is 0 Å². The molecule has 0 spiro atoms. The molecule has 1 saturated heterocycles. The number of sulfone groups is 1. The molecule has 1 aliphatic rings. The third kappa shape index (κ3) is 4.36. The lowest BCUT2D eigenvalue weighted by molar-refractivity contribution is -0.134. The summed E-state index contributed by atoms with van der Waals surface area (Å²) in [7, 11) is -1.57. The molecule has 1 fully saturated rings. The van der Waals surface area contributed by atoms with E-state index in [0.29, 0.717) is 34.1 Å². The van der Waals surface area contributed by atoms with Crippen LogP contribution in [0.2, 0.25) is 0 Å². The Morgan fingerprint density at radius 3 is 2.47 bits per heavy atom. The molecule has 0 N–H and O–H groups in total. The van der Waals surface area contributed by atoms with Gasteiger partial charge in [-0.2, -0.15) is 0 Å². The normalized spacial score (nSPS) is 17.2. The Labute approximate surface area is 186 Å². The standard InChI is InChI=1S/C24H24N2O5S/c1-16-22(24(28)31-14-21(27)26(2)18-12-13-32(29,30)15-18)19-10-6-7-11-20(19)25-23(16)17-8-4-3-5-9-17/h3-11,18H,12-15H2,1-2H3. The zero-order valence-electron chi connectivity index (χ0n) is 17.9. The molecule has 1 atom stereocenters. The first-order valence-electron chi connectivity index (χ1n) is 10.3. The van der Waals surface area contributed by atoms with Crippen molar-refractivity contribution in [3.63, 3.8) is 0 Å². The van der Waals surface area contributed by atoms with Crippen LogP contribution in [0.25, 0.3) is 22.2 Å². The van der Waals surface area contributed by atoms with Crippen molar-refractivity contribution in [2.75, 3.05) is 25.2 Å². The predicted octanol–water partition coefficient (Wildman–Crippen LogP) is 3.01. The lowest BCUT2D eigenvalue weighted by atomic mass is 9.98. The Bertz CT molecular complexity index is 1290. The van der Waals surface area contributed by atoms with Crippen LogP contribution in [-0.2, 0) is 19.4 Å². The fourth-order valence-electron chi connectivity index (χ4n) is 4.03. The van der Waals surface area contributed by atoms with Crippen LogP contribution in [0.4, 0.5) is 0 Å². The SMILES string of the molecule is Cc1c(-c2ccccc2)nc2ccccc2c1C(=O)OCC(=O)N(C)C1CCS(=O)(=O)C1. The van der Waals surface area contributed by atoms with E-state index in [1.54, 1.807) is 13.1 Å². The molecule has 1 amide bonds. The quantitative estimate of drug-likeness (QED) is 0.553. The number of hydrogen-bond acceptors (Lipinski definition) is 6. The fourth-order valence-corrected chi connectivity index (χ4v) is 5.81. The number of esters is 1. The second-order valence-corrected chi connectivity index (χ2v) is 10.2. The number of hydrogen-bond donors (Lipinski definition) is 0. The monoisotopic (exact) mass is 452 g/mol. The third-order valence-electron chi connectivity index (χ3n) is 5.86. The largest absolute Gasteiger partial charge is 0.452 e. The summed E-state index contributed by atoms with van der Waals surface area (Å²) >= 11 is 0. The smallest absolute Gasteiger partial charge is 0.339 e. The molecular weight excluding hydrogens is 428 g/mol. The molecule has 0 aliphatic carbocycles. The summed E-state index contributed by atoms with van der Waals surface area (Å²) < 4.78 is 28.8. The fraction of sp³-hybridized carbons (Fsp3) is 0.292. The summed E-state index contributed by atoms with van der Waals surface area (Å²) in [6.07, 6.45) is 0.396. The topological polar surface area (TPSA) is 93.6 Å². The molecule has 7 nitrogen and oxygen atoms in total. The van der Waals surface area contributed by atoms with Crippen LogP contribution in [0.5, 0.6) is 0 Å². The van der Waals surface area contributed by atoms with Gasteiger partial charge in [0.1, 0.15) is 0 Å². The zero-order chi connectivity index (χ0) is 22.9. The first-order valence-corrected chi connectivity index (χ1v) is 12.2. The van der Waals surface area contributed by atoms with Gasteiger partial charge in [0, 0.05) is 24.0 Å². The van der Waals surface area contributed by atoms with Crippen LogP contribution in [-0.4, -0.2) is 61.4 Å². The first-order chi connectivity index (χ1) is 15.3. The van der Waals surface area contributed by atoms with E-state index in [1.807, 2.05) is 55.5 Å². The number of likely N-dealkylation sites (N-methyl/N-ethyl adjacent to an activating group) is 1. The van der Waals surface area contributed by atoms with Gasteiger partial charge in [-0.25, -0.2) is 18.2 Å². The highest BCUT2D eigenvalue weighted by molar-refractivity contribution is 7.91. The van der Waals surface area contributed by atoms with Gasteiger partial charge in [0.05, 0.1) is 28.3 Å². The average molecular weight is 453 g/mol. The van der Waals surface area contributed by atoms with Gasteiger partial charge in [-0.1, -0.05) is 48.5 Å². The number of amides is 1. The molecule has 4 rings (SSSR count). The maximum absolute atomic E-state index is 13.1. The molecule has 1 aromatic heterocycles. The van der Waals surface area contributed by atoms with Gasteiger partial charge >= 0.3 is 5.97 Å². The Morgan fingerprint density at radius 1 is 1.09 bits per heavy atom. The molecule has 0 radical (unpaired) electrons. The number of benzene rings is 2. The Balaban J connectivity index is 1.59. The first kappa shape index (κ1) is 22.0. The summed E-state index contributed by atoms with van der Waals surface area (Å²) in [5.41, 5.74) is 3.25. The molecule has 8 heteroatoms. The lowest BCUT2D eigenvalue weighted by Gasteiger charge is -2.23. The van der Waals surface area contributed by atoms with Crippen molar-refractivity contribution in [3.05, 3.63) is 65.7 Å². The van der Waals surface area contributed by atoms with Gasteiger partial charge in [-0.15, -0.1) is 0 Å². The molecule has 0 bridgehead atoms. The summed E-state index contributed by atoms with van der Waals surface area (Å²) in [6.45, 7) is 1.36. The van der Waals surface area contributed by atoms with Crippen molar-refractivity contribution in [3.8, 4) is 11.3 Å². The molecular formula is C24H24N2O5S. The van der Waals surface area contributed by atoms with Crippen LogP contribution in [0.15, 0.2) is 54.6 Å². The Hall–Kier alpha value is -3.26. The Kier molecular flexibility index (Phi) is 5.97. The molecule has 2 heterocycles. The van der Waals surface area contributed by atoms with E-state index in [1.165, 1.54) is 4.90 Å².